The lowest BCUT2D eigenvalue weighted by Crippen LogP contribution is -2.39. The number of rotatable bonds is 5. The summed E-state index contributed by atoms with van der Waals surface area (Å²) in [7, 11) is 1.46. The van der Waals surface area contributed by atoms with Crippen LogP contribution in [0.5, 0.6) is 11.5 Å². The fourth-order valence-corrected chi connectivity index (χ4v) is 4.86. The third kappa shape index (κ3) is 4.31. The first-order chi connectivity index (χ1) is 15.8. The third-order valence-corrected chi connectivity index (χ3v) is 6.44. The number of allylic oxidation sites excluding steroid dienone is 1. The maximum atomic E-state index is 13.5. The molecule has 0 radical (unpaired) electrons. The normalized spacial score (nSPS) is 15.8. The van der Waals surface area contributed by atoms with Gasteiger partial charge in [-0.2, -0.15) is 0 Å². The van der Waals surface area contributed by atoms with Gasteiger partial charge in [0.05, 0.1) is 35.6 Å². The van der Waals surface area contributed by atoms with Crippen molar-refractivity contribution in [3.05, 3.63) is 89.6 Å². The first kappa shape index (κ1) is 22.8. The van der Waals surface area contributed by atoms with Crippen molar-refractivity contribution >= 4 is 35.0 Å². The van der Waals surface area contributed by atoms with Crippen LogP contribution in [0.3, 0.4) is 0 Å². The van der Waals surface area contributed by atoms with Crippen molar-refractivity contribution < 1.29 is 19.4 Å². The van der Waals surface area contributed by atoms with E-state index >= 15 is 0 Å². The number of esters is 1. The zero-order valence-electron chi connectivity index (χ0n) is 18.2. The average molecular weight is 485 g/mol. The molecule has 0 aliphatic carbocycles. The summed E-state index contributed by atoms with van der Waals surface area (Å²) >= 11 is 7.29. The van der Waals surface area contributed by atoms with Crippen molar-refractivity contribution in [1.82, 2.24) is 4.57 Å². The van der Waals surface area contributed by atoms with Gasteiger partial charge >= 0.3 is 5.97 Å². The molecule has 0 fully saturated rings. The summed E-state index contributed by atoms with van der Waals surface area (Å²) in [5, 5.41) is 10.4. The molecule has 2 heterocycles. The maximum absolute atomic E-state index is 13.5. The van der Waals surface area contributed by atoms with Gasteiger partial charge in [-0.15, -0.1) is 0 Å². The molecular formula is C24H21ClN2O5S. The van der Waals surface area contributed by atoms with E-state index in [-0.39, 0.29) is 17.9 Å². The lowest BCUT2D eigenvalue weighted by Gasteiger charge is -2.24. The van der Waals surface area contributed by atoms with Gasteiger partial charge in [0.15, 0.2) is 16.3 Å². The van der Waals surface area contributed by atoms with Gasteiger partial charge in [-0.3, -0.25) is 9.36 Å². The predicted molar refractivity (Wildman–Crippen MR) is 127 cm³/mol. The van der Waals surface area contributed by atoms with Gasteiger partial charge < -0.3 is 14.6 Å². The summed E-state index contributed by atoms with van der Waals surface area (Å²) in [4.78, 5) is 31.4. The van der Waals surface area contributed by atoms with E-state index in [1.807, 2.05) is 0 Å². The number of methoxy groups -OCH3 is 1. The van der Waals surface area contributed by atoms with Crippen LogP contribution >= 0.6 is 22.9 Å². The molecule has 1 N–H and O–H groups in total. The highest BCUT2D eigenvalue weighted by atomic mass is 35.5. The topological polar surface area (TPSA) is 90.1 Å². The minimum atomic E-state index is -0.700. The van der Waals surface area contributed by atoms with Crippen LogP contribution in [0.4, 0.5) is 0 Å². The molecule has 1 atom stereocenters. The van der Waals surface area contributed by atoms with Gasteiger partial charge in [0, 0.05) is 5.02 Å². The monoisotopic (exact) mass is 484 g/mol. The average Bonchev–Trinajstić information content (AvgIpc) is 3.09. The van der Waals surface area contributed by atoms with Crippen molar-refractivity contribution in [3.8, 4) is 11.5 Å². The molecule has 3 aromatic rings. The molecule has 0 saturated carbocycles. The molecule has 0 amide bonds. The quantitative estimate of drug-likeness (QED) is 0.562. The minimum Gasteiger partial charge on any atom is -0.504 e. The van der Waals surface area contributed by atoms with Crippen LogP contribution in [-0.4, -0.2) is 29.4 Å². The van der Waals surface area contributed by atoms with E-state index in [0.717, 1.165) is 5.56 Å². The van der Waals surface area contributed by atoms with E-state index in [2.05, 4.69) is 4.99 Å². The van der Waals surface area contributed by atoms with Crippen molar-refractivity contribution in [3.63, 3.8) is 0 Å². The number of carbonyl (C=O) groups is 1. The van der Waals surface area contributed by atoms with Gasteiger partial charge in [0.2, 0.25) is 0 Å². The molecule has 0 bridgehead atoms. The van der Waals surface area contributed by atoms with Gasteiger partial charge in [-0.05, 0) is 55.3 Å². The Morgan fingerprint density at radius 2 is 2.00 bits per heavy atom. The molecule has 1 aromatic heterocycles. The molecule has 9 heteroatoms. The largest absolute Gasteiger partial charge is 0.504 e. The molecule has 0 spiro atoms. The van der Waals surface area contributed by atoms with Crippen molar-refractivity contribution in [1.29, 1.82) is 0 Å². The van der Waals surface area contributed by atoms with Crippen LogP contribution in [0.2, 0.25) is 5.02 Å². The second kappa shape index (κ2) is 9.25. The zero-order chi connectivity index (χ0) is 23.7. The van der Waals surface area contributed by atoms with Gasteiger partial charge in [-0.25, -0.2) is 9.79 Å². The molecule has 1 aliphatic heterocycles. The Hall–Kier alpha value is -3.36. The Morgan fingerprint density at radius 1 is 1.27 bits per heavy atom. The Kier molecular flexibility index (Phi) is 6.40. The zero-order valence-corrected chi connectivity index (χ0v) is 19.7. The number of aromatic hydroxyl groups is 1. The standard InChI is InChI=1S/C24H21ClN2O5S/c1-4-32-23(30)20-13(2)26-24-27(21(20)15-6-8-16(25)9-7-15)22(29)19(33-24)12-14-5-10-17(28)18(11-14)31-3/h5-12,21,28H,4H2,1-3H3/t21-/m0/s1. The van der Waals surface area contributed by atoms with E-state index in [1.54, 1.807) is 56.3 Å². The third-order valence-electron chi connectivity index (χ3n) is 5.20. The first-order valence-electron chi connectivity index (χ1n) is 10.2. The maximum Gasteiger partial charge on any atom is 0.338 e. The van der Waals surface area contributed by atoms with E-state index in [9.17, 15) is 14.7 Å². The number of ether oxygens (including phenoxy) is 2. The van der Waals surface area contributed by atoms with Gasteiger partial charge in [-0.1, -0.05) is 41.1 Å². The summed E-state index contributed by atoms with van der Waals surface area (Å²) in [6, 6.07) is 11.1. The Labute approximate surface area is 198 Å². The highest BCUT2D eigenvalue weighted by molar-refractivity contribution is 7.07. The highest BCUT2D eigenvalue weighted by Gasteiger charge is 2.33. The molecule has 1 aliphatic rings. The smallest absolute Gasteiger partial charge is 0.338 e. The number of hydrogen-bond acceptors (Lipinski definition) is 7. The lowest BCUT2D eigenvalue weighted by atomic mass is 9.96. The lowest BCUT2D eigenvalue weighted by molar-refractivity contribution is -0.139. The molecule has 170 valence electrons. The highest BCUT2D eigenvalue weighted by Crippen LogP contribution is 2.31. The number of phenolic OH excluding ortho intramolecular Hbond substituents is 1. The number of phenols is 1. The number of aromatic nitrogens is 1. The van der Waals surface area contributed by atoms with Crippen LogP contribution in [-0.2, 0) is 9.53 Å². The van der Waals surface area contributed by atoms with Crippen LogP contribution in [0.1, 0.15) is 31.0 Å². The summed E-state index contributed by atoms with van der Waals surface area (Å²) in [5.41, 5.74) is 1.91. The summed E-state index contributed by atoms with van der Waals surface area (Å²) in [6.45, 7) is 3.67. The number of carbonyl (C=O) groups excluding carboxylic acids is 1. The second-order valence-corrected chi connectivity index (χ2v) is 8.73. The Bertz CT molecular complexity index is 1440. The number of hydrogen-bond donors (Lipinski definition) is 1. The molecular weight excluding hydrogens is 464 g/mol. The van der Waals surface area contributed by atoms with E-state index in [1.165, 1.54) is 29.1 Å². The van der Waals surface area contributed by atoms with Crippen LogP contribution in [0.15, 0.2) is 63.5 Å². The fourth-order valence-electron chi connectivity index (χ4n) is 3.69. The van der Waals surface area contributed by atoms with Gasteiger partial charge in [0.1, 0.15) is 0 Å². The Morgan fingerprint density at radius 3 is 2.67 bits per heavy atom. The fraction of sp³-hybridized carbons (Fsp3) is 0.208. The molecule has 0 unspecified atom stereocenters. The summed E-state index contributed by atoms with van der Waals surface area (Å²) in [6.07, 6.45) is 1.70. The summed E-state index contributed by atoms with van der Waals surface area (Å²) in [5.74, 6) is -0.208. The van der Waals surface area contributed by atoms with Gasteiger partial charge in [0.25, 0.3) is 5.56 Å². The molecule has 2 aromatic carbocycles. The molecule has 7 nitrogen and oxygen atoms in total. The summed E-state index contributed by atoms with van der Waals surface area (Å²) < 4.78 is 12.4. The van der Waals surface area contributed by atoms with E-state index in [4.69, 9.17) is 21.1 Å². The number of benzene rings is 2. The SMILES string of the molecule is CCOC(=O)C1=C(C)N=c2sc(=Cc3ccc(O)c(OC)c3)c(=O)n2[C@H]1c1ccc(Cl)cc1. The molecule has 33 heavy (non-hydrogen) atoms. The first-order valence-corrected chi connectivity index (χ1v) is 11.4. The van der Waals surface area contributed by atoms with Crippen LogP contribution in [0, 0.1) is 0 Å². The molecule has 0 saturated heterocycles. The predicted octanol–water partition coefficient (Wildman–Crippen LogP) is 3.17. The van der Waals surface area contributed by atoms with Crippen molar-refractivity contribution in [2.75, 3.05) is 13.7 Å². The van der Waals surface area contributed by atoms with Crippen LogP contribution < -0.4 is 19.6 Å². The van der Waals surface area contributed by atoms with Crippen molar-refractivity contribution in [2.24, 2.45) is 4.99 Å². The van der Waals surface area contributed by atoms with Crippen molar-refractivity contribution in [2.45, 2.75) is 19.9 Å². The number of thiazole rings is 1. The number of fused-ring (bicyclic) bond motifs is 1. The van der Waals surface area contributed by atoms with E-state index in [0.29, 0.717) is 36.9 Å². The van der Waals surface area contributed by atoms with Crippen LogP contribution in [0.25, 0.3) is 6.08 Å². The minimum absolute atomic E-state index is 0.00792. The number of nitrogens with zero attached hydrogens (tertiary/aromatic N) is 2. The Balaban J connectivity index is 1.94. The molecule has 4 rings (SSSR count). The second-order valence-electron chi connectivity index (χ2n) is 7.29. The number of halogens is 1. The van der Waals surface area contributed by atoms with E-state index < -0.39 is 12.0 Å².